The van der Waals surface area contributed by atoms with E-state index in [0.717, 1.165) is 11.6 Å². The van der Waals surface area contributed by atoms with Crippen LogP contribution >= 0.6 is 11.6 Å². The zero-order chi connectivity index (χ0) is 23.0. The largest absolute Gasteiger partial charge is 0.494 e. The van der Waals surface area contributed by atoms with Crippen molar-refractivity contribution in [3.8, 4) is 5.75 Å². The number of aliphatic hydroxyl groups is 5. The van der Waals surface area contributed by atoms with E-state index in [4.69, 9.17) is 16.3 Å². The Morgan fingerprint density at radius 3 is 2.26 bits per heavy atom. The van der Waals surface area contributed by atoms with Crippen LogP contribution in [-0.2, 0) is 12.0 Å². The summed E-state index contributed by atoms with van der Waals surface area (Å²) in [6, 6.07) is 10.8. The van der Waals surface area contributed by atoms with Crippen LogP contribution in [0.2, 0.25) is 5.02 Å². The summed E-state index contributed by atoms with van der Waals surface area (Å²) in [6.45, 7) is 1.17. The van der Waals surface area contributed by atoms with Crippen molar-refractivity contribution in [1.29, 1.82) is 0 Å². The van der Waals surface area contributed by atoms with E-state index >= 15 is 8.78 Å². The molecule has 0 saturated heterocycles. The van der Waals surface area contributed by atoms with Gasteiger partial charge in [-0.2, -0.15) is 0 Å². The standard InChI is InChI=1S/C22H25ClF2O6/c1-2-31-15-6-3-12(4-7-15)9-13-10-14(5-8-17(13)23)21(30)20(29)19(28)18(27)16(11-26)22(21,24)25/h3-8,10,16,18-20,26-30H,2,9,11H2,1H3/t16-,18-,19+,20-,21+/m1/s1. The number of aliphatic hydroxyl groups excluding tert-OH is 4. The number of alkyl halides is 2. The van der Waals surface area contributed by atoms with Crippen LogP contribution in [0.4, 0.5) is 8.78 Å². The molecule has 5 N–H and O–H groups in total. The Balaban J connectivity index is 2.00. The van der Waals surface area contributed by atoms with Crippen LogP contribution in [0.1, 0.15) is 23.6 Å². The Hall–Kier alpha value is -1.81. The highest BCUT2D eigenvalue weighted by molar-refractivity contribution is 6.31. The van der Waals surface area contributed by atoms with Crippen LogP contribution in [-0.4, -0.2) is 63.0 Å². The van der Waals surface area contributed by atoms with Gasteiger partial charge in [0.15, 0.2) is 5.60 Å². The van der Waals surface area contributed by atoms with E-state index in [1.807, 2.05) is 6.92 Å². The van der Waals surface area contributed by atoms with Gasteiger partial charge in [0.25, 0.3) is 5.92 Å². The zero-order valence-electron chi connectivity index (χ0n) is 16.8. The van der Waals surface area contributed by atoms with Crippen LogP contribution in [0.25, 0.3) is 0 Å². The lowest BCUT2D eigenvalue weighted by atomic mass is 9.66. The molecule has 1 aliphatic rings. The molecule has 0 unspecified atom stereocenters. The highest BCUT2D eigenvalue weighted by Gasteiger charge is 2.70. The molecule has 0 amide bonds. The zero-order valence-corrected chi connectivity index (χ0v) is 17.5. The van der Waals surface area contributed by atoms with Crippen LogP contribution in [0.5, 0.6) is 5.75 Å². The molecule has 170 valence electrons. The Morgan fingerprint density at radius 2 is 1.68 bits per heavy atom. The quantitative estimate of drug-likeness (QED) is 0.452. The molecule has 0 heterocycles. The summed E-state index contributed by atoms with van der Waals surface area (Å²) in [5.74, 6) is -5.65. The summed E-state index contributed by atoms with van der Waals surface area (Å²) < 4.78 is 35.7. The summed E-state index contributed by atoms with van der Waals surface area (Å²) >= 11 is 6.24. The maximum atomic E-state index is 15.2. The molecule has 1 saturated carbocycles. The molecule has 0 bridgehead atoms. The number of halogens is 3. The van der Waals surface area contributed by atoms with Crippen molar-refractivity contribution in [3.05, 3.63) is 64.2 Å². The second-order valence-electron chi connectivity index (χ2n) is 7.66. The van der Waals surface area contributed by atoms with Crippen molar-refractivity contribution in [3.63, 3.8) is 0 Å². The van der Waals surface area contributed by atoms with E-state index in [-0.39, 0.29) is 17.0 Å². The highest BCUT2D eigenvalue weighted by Crippen LogP contribution is 2.51. The molecule has 31 heavy (non-hydrogen) atoms. The molecule has 3 rings (SSSR count). The fourth-order valence-corrected chi connectivity index (χ4v) is 4.17. The molecule has 9 heteroatoms. The molecular weight excluding hydrogens is 434 g/mol. The summed E-state index contributed by atoms with van der Waals surface area (Å²) in [4.78, 5) is 0. The minimum absolute atomic E-state index is 0.242. The van der Waals surface area contributed by atoms with E-state index in [0.29, 0.717) is 17.9 Å². The molecular formula is C22H25ClF2O6. The third-order valence-corrected chi connectivity index (χ3v) is 6.17. The topological polar surface area (TPSA) is 110 Å². The predicted molar refractivity (Wildman–Crippen MR) is 109 cm³/mol. The third kappa shape index (κ3) is 4.04. The first-order chi connectivity index (χ1) is 14.6. The van der Waals surface area contributed by atoms with E-state index < -0.39 is 42.4 Å². The van der Waals surface area contributed by atoms with Gasteiger partial charge in [0.05, 0.1) is 25.2 Å². The fraction of sp³-hybridized carbons (Fsp3) is 0.455. The van der Waals surface area contributed by atoms with Crippen molar-refractivity contribution in [2.75, 3.05) is 13.2 Å². The van der Waals surface area contributed by atoms with Gasteiger partial charge in [-0.15, -0.1) is 0 Å². The van der Waals surface area contributed by atoms with Gasteiger partial charge in [-0.3, -0.25) is 0 Å². The average Bonchev–Trinajstić information content (AvgIpc) is 2.74. The van der Waals surface area contributed by atoms with Crippen LogP contribution in [0.3, 0.4) is 0 Å². The summed E-state index contributed by atoms with van der Waals surface area (Å²) in [6.07, 6.45) is -6.37. The highest BCUT2D eigenvalue weighted by atomic mass is 35.5. The van der Waals surface area contributed by atoms with Crippen LogP contribution in [0, 0.1) is 5.92 Å². The molecule has 6 nitrogen and oxygen atoms in total. The maximum absolute atomic E-state index is 15.2. The van der Waals surface area contributed by atoms with Gasteiger partial charge in [0.1, 0.15) is 18.0 Å². The number of hydrogen-bond acceptors (Lipinski definition) is 6. The molecule has 2 aromatic carbocycles. The first kappa shape index (κ1) is 23.8. The van der Waals surface area contributed by atoms with Gasteiger partial charge >= 0.3 is 0 Å². The van der Waals surface area contributed by atoms with Crippen LogP contribution < -0.4 is 4.74 Å². The minimum Gasteiger partial charge on any atom is -0.494 e. The maximum Gasteiger partial charge on any atom is 0.290 e. The minimum atomic E-state index is -4.15. The summed E-state index contributed by atoms with van der Waals surface area (Å²) in [7, 11) is 0. The lowest BCUT2D eigenvalue weighted by Crippen LogP contribution is -2.70. The molecule has 0 radical (unpaired) electrons. The van der Waals surface area contributed by atoms with E-state index in [1.54, 1.807) is 24.3 Å². The van der Waals surface area contributed by atoms with Gasteiger partial charge in [-0.1, -0.05) is 35.9 Å². The van der Waals surface area contributed by atoms with Crippen molar-refractivity contribution in [2.45, 2.75) is 43.2 Å². The number of rotatable bonds is 6. The molecule has 1 fully saturated rings. The molecule has 0 spiro atoms. The molecule has 5 atom stereocenters. The lowest BCUT2D eigenvalue weighted by Gasteiger charge is -2.51. The smallest absolute Gasteiger partial charge is 0.290 e. The molecule has 0 aliphatic heterocycles. The third-order valence-electron chi connectivity index (χ3n) is 5.80. The van der Waals surface area contributed by atoms with Crippen molar-refractivity contribution in [1.82, 2.24) is 0 Å². The normalized spacial score (nSPS) is 30.2. The van der Waals surface area contributed by atoms with Crippen molar-refractivity contribution >= 4 is 11.6 Å². The Kier molecular flexibility index (Phi) is 6.90. The Bertz CT molecular complexity index is 909. The average molecular weight is 459 g/mol. The molecule has 0 aromatic heterocycles. The van der Waals surface area contributed by atoms with Gasteiger partial charge < -0.3 is 30.3 Å². The van der Waals surface area contributed by atoms with Crippen molar-refractivity contribution < 1.29 is 39.1 Å². The first-order valence-electron chi connectivity index (χ1n) is 9.83. The van der Waals surface area contributed by atoms with E-state index in [9.17, 15) is 25.5 Å². The lowest BCUT2D eigenvalue weighted by molar-refractivity contribution is -0.328. The van der Waals surface area contributed by atoms with Gasteiger partial charge in [0, 0.05) is 5.02 Å². The van der Waals surface area contributed by atoms with Gasteiger partial charge in [-0.25, -0.2) is 8.78 Å². The SMILES string of the molecule is CCOc1ccc(Cc2cc([C@]3(O)[C@H](O)[C@@H](O)[C@H](O)[C@@H](CO)C3(F)F)ccc2Cl)cc1. The monoisotopic (exact) mass is 458 g/mol. The number of benzene rings is 2. The first-order valence-corrected chi connectivity index (χ1v) is 10.2. The van der Waals surface area contributed by atoms with Crippen LogP contribution in [0.15, 0.2) is 42.5 Å². The number of hydrogen-bond donors (Lipinski definition) is 5. The Labute approximate surface area is 183 Å². The molecule has 2 aromatic rings. The van der Waals surface area contributed by atoms with Gasteiger partial charge in [0.2, 0.25) is 0 Å². The Morgan fingerprint density at radius 1 is 1.03 bits per heavy atom. The summed E-state index contributed by atoms with van der Waals surface area (Å²) in [5.41, 5.74) is -2.44. The van der Waals surface area contributed by atoms with Crippen molar-refractivity contribution in [2.24, 2.45) is 5.92 Å². The second-order valence-corrected chi connectivity index (χ2v) is 8.07. The van der Waals surface area contributed by atoms with E-state index in [2.05, 4.69) is 0 Å². The predicted octanol–water partition coefficient (Wildman–Crippen LogP) is 1.86. The molecule has 1 aliphatic carbocycles. The van der Waals surface area contributed by atoms with E-state index in [1.165, 1.54) is 12.1 Å². The van der Waals surface area contributed by atoms with Gasteiger partial charge in [-0.05, 0) is 48.2 Å². The second kappa shape index (κ2) is 8.97. The fourth-order valence-electron chi connectivity index (χ4n) is 3.99. The summed E-state index contributed by atoms with van der Waals surface area (Å²) in [5, 5.41) is 50.9. The number of ether oxygens (including phenoxy) is 1.